The van der Waals surface area contributed by atoms with Crippen LogP contribution in [0.2, 0.25) is 0 Å². The molecule has 1 aromatic heterocycles. The zero-order valence-electron chi connectivity index (χ0n) is 35.6. The number of carboxylic acid groups (broad SMARTS) is 1. The number of nitrogens with one attached hydrogen (secondary N) is 1. The Morgan fingerprint density at radius 3 is 1.92 bits per heavy atom. The molecule has 1 aliphatic heterocycles. The summed E-state index contributed by atoms with van der Waals surface area (Å²) in [5.74, 6) is 6.27. The molecule has 0 aliphatic carbocycles. The molecule has 63 heavy (non-hydrogen) atoms. The summed E-state index contributed by atoms with van der Waals surface area (Å²) in [6.45, 7) is 6.53. The van der Waals surface area contributed by atoms with Crippen LogP contribution < -0.4 is 10.2 Å². The lowest BCUT2D eigenvalue weighted by molar-refractivity contribution is -0.135. The number of hydrogen-bond acceptors (Lipinski definition) is 7. The topological polar surface area (TPSA) is 116 Å². The highest BCUT2D eigenvalue weighted by molar-refractivity contribution is 5.90. The van der Waals surface area contributed by atoms with E-state index in [9.17, 15) is 14.7 Å². The molecule has 1 aliphatic rings. The smallest absolute Gasteiger partial charge is 0.354 e. The van der Waals surface area contributed by atoms with Crippen molar-refractivity contribution in [2.45, 2.75) is 64.3 Å². The number of anilines is 1. The molecule has 0 bridgehead atoms. The van der Waals surface area contributed by atoms with Crippen molar-refractivity contribution in [1.29, 1.82) is 0 Å². The van der Waals surface area contributed by atoms with Gasteiger partial charge in [0, 0.05) is 30.8 Å². The lowest BCUT2D eigenvalue weighted by Crippen LogP contribution is -2.54. The number of amides is 1. The van der Waals surface area contributed by atoms with Crippen molar-refractivity contribution in [3.8, 4) is 34.4 Å². The number of carbonyl (C=O) groups is 2. The molecule has 0 saturated heterocycles. The van der Waals surface area contributed by atoms with Crippen LogP contribution in [0.1, 0.15) is 67.9 Å². The average molecular weight is 832 g/mol. The summed E-state index contributed by atoms with van der Waals surface area (Å²) in [7, 11) is 0. The summed E-state index contributed by atoms with van der Waals surface area (Å²) in [5, 5.41) is 27.6. The lowest BCUT2D eigenvalue weighted by Gasteiger charge is -2.43. The van der Waals surface area contributed by atoms with Crippen LogP contribution in [-0.4, -0.2) is 48.3 Å². The minimum atomic E-state index is -1.01. The van der Waals surface area contributed by atoms with E-state index in [0.717, 1.165) is 56.6 Å². The Morgan fingerprint density at radius 2 is 1.37 bits per heavy atom. The predicted molar refractivity (Wildman–Crippen MR) is 247 cm³/mol. The molecule has 10 nitrogen and oxygen atoms in total. The van der Waals surface area contributed by atoms with Crippen LogP contribution in [0.3, 0.4) is 0 Å². The van der Waals surface area contributed by atoms with Gasteiger partial charge in [0.05, 0.1) is 5.70 Å². The maximum Gasteiger partial charge on any atom is 0.354 e. The second-order valence-electron chi connectivity index (χ2n) is 15.5. The Hall–Kier alpha value is -7.77. The van der Waals surface area contributed by atoms with Gasteiger partial charge in [0.25, 0.3) is 0 Å². The van der Waals surface area contributed by atoms with Gasteiger partial charge in [0.15, 0.2) is 11.5 Å². The van der Waals surface area contributed by atoms with Gasteiger partial charge in [-0.05, 0) is 74.8 Å². The number of aromatic nitrogens is 4. The Balaban J connectivity index is 1.21. The molecule has 1 unspecified atom stereocenters. The van der Waals surface area contributed by atoms with E-state index >= 15 is 0 Å². The van der Waals surface area contributed by atoms with E-state index in [0.29, 0.717) is 43.9 Å². The average Bonchev–Trinajstić information content (AvgIpc) is 3.92. The van der Waals surface area contributed by atoms with E-state index in [-0.39, 0.29) is 5.70 Å². The third kappa shape index (κ3) is 7.63. The lowest BCUT2D eigenvalue weighted by atomic mass is 9.77. The predicted octanol–water partition coefficient (Wildman–Crippen LogP) is 9.64. The number of hydrogen-bond donors (Lipinski definition) is 2. The largest absolute Gasteiger partial charge is 0.477 e. The Bertz CT molecular complexity index is 2700. The maximum absolute atomic E-state index is 13.4. The minimum Gasteiger partial charge on any atom is -0.477 e. The van der Waals surface area contributed by atoms with E-state index in [1.807, 2.05) is 108 Å². The highest BCUT2D eigenvalue weighted by Gasteiger charge is 2.52. The van der Waals surface area contributed by atoms with Gasteiger partial charge in [-0.2, -0.15) is 0 Å². The van der Waals surface area contributed by atoms with Gasteiger partial charge in [-0.1, -0.05) is 178 Å². The fourth-order valence-corrected chi connectivity index (χ4v) is 9.27. The van der Waals surface area contributed by atoms with E-state index < -0.39 is 17.2 Å². The number of benzene rings is 6. The molecule has 6 aromatic carbocycles. The summed E-state index contributed by atoms with van der Waals surface area (Å²) < 4.78 is 1.95. The zero-order chi connectivity index (χ0) is 43.8. The first-order valence-corrected chi connectivity index (χ1v) is 21.3. The maximum atomic E-state index is 13.4. The molecule has 0 radical (unpaired) electrons. The van der Waals surface area contributed by atoms with Crippen molar-refractivity contribution in [1.82, 2.24) is 30.4 Å². The molecule has 8 rings (SSSR count). The number of carboxylic acids is 1. The number of aliphatic carboxylic acids is 1. The molecule has 2 N–H and O–H groups in total. The van der Waals surface area contributed by atoms with E-state index in [4.69, 9.17) is 10.3 Å². The normalized spacial score (nSPS) is 14.9. The van der Waals surface area contributed by atoms with Crippen molar-refractivity contribution in [3.63, 3.8) is 0 Å². The Kier molecular flexibility index (Phi) is 12.3. The van der Waals surface area contributed by atoms with Gasteiger partial charge in [0.2, 0.25) is 6.41 Å². The SMILES string of the molecule is CC#CC1(CCC)N(Cc2ccc(-c3ccccc3-c3nnnn3C(c3ccccc3)(c3ccccc3)c3ccccc3)cc2)C(C(=O)O)=C(CC)N1c1cccc(CNC=O)c1. The number of carbonyl (C=O) groups excluding carboxylic acids is 1. The fraction of sp³-hybridized carbons (Fsp3) is 0.189. The highest BCUT2D eigenvalue weighted by Crippen LogP contribution is 2.47. The van der Waals surface area contributed by atoms with E-state index in [1.165, 1.54) is 0 Å². The number of rotatable bonds is 16. The number of tetrazole rings is 1. The van der Waals surface area contributed by atoms with Crippen molar-refractivity contribution in [2.24, 2.45) is 0 Å². The molecule has 10 heteroatoms. The molecule has 1 amide bonds. The molecular formula is C53H49N7O3. The first-order valence-electron chi connectivity index (χ1n) is 21.3. The van der Waals surface area contributed by atoms with E-state index in [1.54, 1.807) is 6.92 Å². The second-order valence-corrected chi connectivity index (χ2v) is 15.5. The monoisotopic (exact) mass is 831 g/mol. The molecule has 0 spiro atoms. The van der Waals surface area contributed by atoms with Crippen LogP contribution in [0.25, 0.3) is 22.5 Å². The van der Waals surface area contributed by atoms with Gasteiger partial charge in [-0.15, -0.1) is 11.0 Å². The highest BCUT2D eigenvalue weighted by atomic mass is 16.4. The molecular weight excluding hydrogens is 783 g/mol. The van der Waals surface area contributed by atoms with Crippen molar-refractivity contribution < 1.29 is 14.7 Å². The molecule has 7 aromatic rings. The summed E-state index contributed by atoms with van der Waals surface area (Å²) in [6, 6.07) is 55.3. The van der Waals surface area contributed by atoms with E-state index in [2.05, 4.69) is 107 Å². The van der Waals surface area contributed by atoms with Crippen molar-refractivity contribution >= 4 is 18.1 Å². The van der Waals surface area contributed by atoms with Crippen LogP contribution in [0.5, 0.6) is 0 Å². The summed E-state index contributed by atoms with van der Waals surface area (Å²) in [6.07, 6.45) is 2.49. The molecule has 1 atom stereocenters. The van der Waals surface area contributed by atoms with Crippen LogP contribution >= 0.6 is 0 Å². The molecule has 314 valence electrons. The van der Waals surface area contributed by atoms with Crippen molar-refractivity contribution in [2.75, 3.05) is 4.90 Å². The molecule has 0 saturated carbocycles. The fourth-order valence-electron chi connectivity index (χ4n) is 9.27. The van der Waals surface area contributed by atoms with Crippen LogP contribution in [0.4, 0.5) is 5.69 Å². The van der Waals surface area contributed by atoms with Crippen LogP contribution in [0, 0.1) is 11.8 Å². The van der Waals surface area contributed by atoms with Crippen LogP contribution in [-0.2, 0) is 28.2 Å². The summed E-state index contributed by atoms with van der Waals surface area (Å²) in [4.78, 5) is 28.6. The minimum absolute atomic E-state index is 0.227. The third-order valence-corrected chi connectivity index (χ3v) is 11.8. The number of allylic oxidation sites excluding steroid dienone is 1. The first kappa shape index (κ1) is 41.9. The van der Waals surface area contributed by atoms with Crippen molar-refractivity contribution in [3.05, 3.63) is 203 Å². The quantitative estimate of drug-likeness (QED) is 0.0562. The van der Waals surface area contributed by atoms with Gasteiger partial charge in [-0.25, -0.2) is 9.48 Å². The van der Waals surface area contributed by atoms with Gasteiger partial charge in [0.1, 0.15) is 11.2 Å². The summed E-state index contributed by atoms with van der Waals surface area (Å²) in [5.41, 5.74) is 7.42. The number of nitrogens with zero attached hydrogens (tertiary/aromatic N) is 6. The molecule has 2 heterocycles. The van der Waals surface area contributed by atoms with Gasteiger partial charge >= 0.3 is 5.97 Å². The Morgan fingerprint density at radius 1 is 0.762 bits per heavy atom. The van der Waals surface area contributed by atoms with Gasteiger partial charge in [-0.3, -0.25) is 4.79 Å². The second kappa shape index (κ2) is 18.5. The first-order chi connectivity index (χ1) is 30.9. The zero-order valence-corrected chi connectivity index (χ0v) is 35.6. The van der Waals surface area contributed by atoms with Crippen LogP contribution in [0.15, 0.2) is 175 Å². The summed E-state index contributed by atoms with van der Waals surface area (Å²) >= 11 is 0. The van der Waals surface area contributed by atoms with Gasteiger partial charge < -0.3 is 20.2 Å². The third-order valence-electron chi connectivity index (χ3n) is 11.8. The Labute approximate surface area is 368 Å². The standard InChI is InChI=1S/C53H49N7O3/c1-4-33-52(34-5-2)58(49(51(62)63)48(6-3)59(52)45-26-18-19-40(35-45)36-54-38-61)37-39-29-31-41(32-30-39)46-27-16-17-28-47(46)50-55-56-57-60(50)53(42-20-10-7-11-21-42,43-22-12-8-13-23-43)44-24-14-9-15-25-44/h7-32,35,38H,4,6,33,36-37H2,1-3H3,(H,54,61)(H,62,63). The molecule has 0 fully saturated rings.